The molecular weight excluding hydrogens is 447 g/mol. The van der Waals surface area contributed by atoms with E-state index in [1.54, 1.807) is 35.2 Å². The van der Waals surface area contributed by atoms with E-state index in [9.17, 15) is 9.90 Å². The van der Waals surface area contributed by atoms with Crippen LogP contribution in [0.15, 0.2) is 48.8 Å². The maximum absolute atomic E-state index is 15.5. The number of fused-ring (bicyclic) bond motifs is 4. The lowest BCUT2D eigenvalue weighted by atomic mass is 9.81. The molecule has 2 aromatic carbocycles. The smallest absolute Gasteiger partial charge is 0.254 e. The van der Waals surface area contributed by atoms with Gasteiger partial charge in [0, 0.05) is 42.1 Å². The van der Waals surface area contributed by atoms with E-state index in [1.807, 2.05) is 17.9 Å². The van der Waals surface area contributed by atoms with E-state index in [0.717, 1.165) is 16.8 Å². The second-order valence-electron chi connectivity index (χ2n) is 9.82. The Morgan fingerprint density at radius 2 is 2.11 bits per heavy atom. The monoisotopic (exact) mass is 478 g/mol. The van der Waals surface area contributed by atoms with Crippen LogP contribution in [0.2, 0.25) is 0 Å². The molecule has 1 aromatic heterocycles. The molecule has 0 saturated carbocycles. The number of phenols is 1. The van der Waals surface area contributed by atoms with Crippen molar-refractivity contribution < 1.29 is 19.0 Å². The molecule has 2 atom stereocenters. The topological polar surface area (TPSA) is 80.8 Å². The van der Waals surface area contributed by atoms with Crippen LogP contribution in [-0.4, -0.2) is 57.6 Å². The number of aromatic nitrogens is 1. The van der Waals surface area contributed by atoms with Crippen molar-refractivity contribution in [3.05, 3.63) is 71.4 Å². The molecule has 1 saturated heterocycles. The van der Waals surface area contributed by atoms with Gasteiger partial charge in [0.05, 0.1) is 13.2 Å². The number of methoxy groups -OCH3 is 1. The number of rotatable bonds is 6. The number of hydrogen-bond acceptors (Lipinski definition) is 5. The quantitative estimate of drug-likeness (QED) is 0.498. The fourth-order valence-electron chi connectivity index (χ4n) is 5.59. The van der Waals surface area contributed by atoms with E-state index in [4.69, 9.17) is 4.74 Å². The lowest BCUT2D eigenvalue weighted by molar-refractivity contribution is -0.133. The maximum Gasteiger partial charge on any atom is 0.254 e. The first-order valence-electron chi connectivity index (χ1n) is 11.9. The van der Waals surface area contributed by atoms with Crippen molar-refractivity contribution in [2.45, 2.75) is 44.8 Å². The predicted octanol–water partition coefficient (Wildman–Crippen LogP) is 4.04. The van der Waals surface area contributed by atoms with Gasteiger partial charge in [0.15, 0.2) is 11.6 Å². The second kappa shape index (κ2) is 8.30. The van der Waals surface area contributed by atoms with Crippen LogP contribution in [0.3, 0.4) is 0 Å². The number of aromatic hydroxyl groups is 1. The highest BCUT2D eigenvalue weighted by atomic mass is 19.1. The summed E-state index contributed by atoms with van der Waals surface area (Å²) >= 11 is 0. The zero-order valence-corrected chi connectivity index (χ0v) is 20.5. The van der Waals surface area contributed by atoms with Crippen molar-refractivity contribution >= 4 is 16.8 Å². The molecule has 8 heteroatoms. The predicted molar refractivity (Wildman–Crippen MR) is 133 cm³/mol. The molecule has 1 fully saturated rings. The fourth-order valence-corrected chi connectivity index (χ4v) is 5.59. The van der Waals surface area contributed by atoms with Crippen LogP contribution < -0.4 is 10.1 Å². The average molecular weight is 479 g/mol. The first kappa shape index (κ1) is 23.2. The standard InChI is InChI=1S/C27H31FN4O3/c1-15(2)29-11-12-31-16(3)32-25(17-7-6-8-18(33)13-17)24-19(14-27(32,4)26(31)34)22-20(30-24)9-10-21(35-5)23(22)28/h6-10,13,15,25,29-30,33H,3,11-12,14H2,1-2,4-5H3/t25-,27+/m1/s1. The van der Waals surface area contributed by atoms with Crippen molar-refractivity contribution in [1.82, 2.24) is 20.1 Å². The van der Waals surface area contributed by atoms with Crippen molar-refractivity contribution in [2.24, 2.45) is 0 Å². The van der Waals surface area contributed by atoms with Crippen LogP contribution >= 0.6 is 0 Å². The van der Waals surface area contributed by atoms with E-state index in [-0.39, 0.29) is 17.4 Å². The Morgan fingerprint density at radius 3 is 2.80 bits per heavy atom. The van der Waals surface area contributed by atoms with E-state index in [2.05, 4.69) is 30.7 Å². The number of nitrogens with zero attached hydrogens (tertiary/aromatic N) is 2. The lowest BCUT2D eigenvalue weighted by Gasteiger charge is -2.44. The number of benzene rings is 2. The summed E-state index contributed by atoms with van der Waals surface area (Å²) in [6, 6.07) is 10.2. The third-order valence-corrected chi connectivity index (χ3v) is 7.18. The highest BCUT2D eigenvalue weighted by Crippen LogP contribution is 2.51. The van der Waals surface area contributed by atoms with Crippen LogP contribution in [0.4, 0.5) is 4.39 Å². The summed E-state index contributed by atoms with van der Waals surface area (Å²) in [6.07, 6.45) is 0.313. The molecule has 0 unspecified atom stereocenters. The average Bonchev–Trinajstić information content (AvgIpc) is 3.26. The summed E-state index contributed by atoms with van der Waals surface area (Å²) in [7, 11) is 1.44. The Balaban J connectivity index is 1.70. The highest BCUT2D eigenvalue weighted by Gasteiger charge is 2.57. The van der Waals surface area contributed by atoms with E-state index in [1.165, 1.54) is 7.11 Å². The number of halogens is 1. The number of carbonyl (C=O) groups is 1. The molecule has 2 aliphatic heterocycles. The molecule has 184 valence electrons. The van der Waals surface area contributed by atoms with E-state index >= 15 is 4.39 Å². The molecule has 0 aliphatic carbocycles. The van der Waals surface area contributed by atoms with E-state index in [0.29, 0.717) is 42.3 Å². The molecule has 0 spiro atoms. The Morgan fingerprint density at radius 1 is 1.34 bits per heavy atom. The van der Waals surface area contributed by atoms with Gasteiger partial charge in [-0.05, 0) is 42.3 Å². The molecule has 2 aliphatic rings. The zero-order valence-electron chi connectivity index (χ0n) is 20.5. The van der Waals surface area contributed by atoms with Gasteiger partial charge in [0.25, 0.3) is 5.91 Å². The largest absolute Gasteiger partial charge is 0.508 e. The minimum absolute atomic E-state index is 0.0680. The molecule has 5 rings (SSSR count). The van der Waals surface area contributed by atoms with Crippen molar-refractivity contribution in [3.63, 3.8) is 0 Å². The molecule has 3 heterocycles. The molecule has 0 bridgehead atoms. The number of carbonyl (C=O) groups excluding carboxylic acids is 1. The van der Waals surface area contributed by atoms with Crippen LogP contribution in [-0.2, 0) is 11.2 Å². The number of ether oxygens (including phenoxy) is 1. The number of hydrogen-bond donors (Lipinski definition) is 3. The van der Waals surface area contributed by atoms with Crippen LogP contribution in [0.5, 0.6) is 11.5 Å². The first-order chi connectivity index (χ1) is 16.7. The number of nitrogens with one attached hydrogen (secondary N) is 2. The minimum Gasteiger partial charge on any atom is -0.508 e. The van der Waals surface area contributed by atoms with Gasteiger partial charge in [-0.2, -0.15) is 0 Å². The number of amides is 1. The maximum atomic E-state index is 15.5. The van der Waals surface area contributed by atoms with Gasteiger partial charge in [0.2, 0.25) is 0 Å². The van der Waals surface area contributed by atoms with Crippen molar-refractivity contribution in [1.29, 1.82) is 0 Å². The van der Waals surface area contributed by atoms with E-state index < -0.39 is 17.4 Å². The number of aromatic amines is 1. The summed E-state index contributed by atoms with van der Waals surface area (Å²) in [4.78, 5) is 21.0. The summed E-state index contributed by atoms with van der Waals surface area (Å²) in [5, 5.41) is 14.1. The number of phenolic OH excluding ortho intramolecular Hbond substituents is 1. The third-order valence-electron chi connectivity index (χ3n) is 7.18. The Hall–Kier alpha value is -3.52. The van der Waals surface area contributed by atoms with Gasteiger partial charge in [-0.25, -0.2) is 4.39 Å². The van der Waals surface area contributed by atoms with Gasteiger partial charge >= 0.3 is 0 Å². The van der Waals surface area contributed by atoms with Crippen LogP contribution in [0.1, 0.15) is 43.6 Å². The molecule has 35 heavy (non-hydrogen) atoms. The minimum atomic E-state index is -0.970. The van der Waals surface area contributed by atoms with Gasteiger partial charge in [-0.3, -0.25) is 9.69 Å². The third kappa shape index (κ3) is 3.46. The Bertz CT molecular complexity index is 1330. The Kier molecular flexibility index (Phi) is 5.51. The second-order valence-corrected chi connectivity index (χ2v) is 9.82. The van der Waals surface area contributed by atoms with Crippen LogP contribution in [0, 0.1) is 5.82 Å². The molecule has 3 aromatic rings. The van der Waals surface area contributed by atoms with Gasteiger partial charge in [0.1, 0.15) is 17.1 Å². The van der Waals surface area contributed by atoms with Crippen molar-refractivity contribution in [3.8, 4) is 11.5 Å². The molecule has 7 nitrogen and oxygen atoms in total. The van der Waals surface area contributed by atoms with Gasteiger partial charge in [-0.1, -0.05) is 32.6 Å². The fraction of sp³-hybridized carbons (Fsp3) is 0.370. The summed E-state index contributed by atoms with van der Waals surface area (Å²) < 4.78 is 20.8. The lowest BCUT2D eigenvalue weighted by Crippen LogP contribution is -2.52. The Labute approximate surface area is 204 Å². The normalized spacial score (nSPS) is 21.7. The number of H-pyrrole nitrogens is 1. The molecule has 1 amide bonds. The summed E-state index contributed by atoms with van der Waals surface area (Å²) in [5.41, 5.74) is 1.98. The highest BCUT2D eigenvalue weighted by molar-refractivity contribution is 5.94. The summed E-state index contributed by atoms with van der Waals surface area (Å²) in [6.45, 7) is 11.4. The zero-order chi connectivity index (χ0) is 25.1. The van der Waals surface area contributed by atoms with Crippen LogP contribution in [0.25, 0.3) is 10.9 Å². The summed E-state index contributed by atoms with van der Waals surface area (Å²) in [5.74, 6) is 0.357. The molecular formula is C27H31FN4O3. The SMILES string of the molecule is C=C1N(CCNC(C)C)C(=O)[C@]2(C)Cc3c([nH]c4ccc(OC)c(F)c34)[C@@H](c3cccc(O)c3)N12. The van der Waals surface area contributed by atoms with Gasteiger partial charge < -0.3 is 25.0 Å². The van der Waals surface area contributed by atoms with Crippen molar-refractivity contribution in [2.75, 3.05) is 20.2 Å². The van der Waals surface area contributed by atoms with Gasteiger partial charge in [-0.15, -0.1) is 0 Å². The first-order valence-corrected chi connectivity index (χ1v) is 11.9. The molecule has 0 radical (unpaired) electrons. The molecule has 3 N–H and O–H groups in total.